The second-order valence-corrected chi connectivity index (χ2v) is 6.09. The molecule has 102 valence electrons. The molecular weight excluding hydrogens is 226 g/mol. The van der Waals surface area contributed by atoms with Gasteiger partial charge in [-0.3, -0.25) is 4.99 Å². The van der Waals surface area contributed by atoms with Gasteiger partial charge in [0.05, 0.1) is 6.10 Å². The Morgan fingerprint density at radius 2 is 2.17 bits per heavy atom. The topological polar surface area (TPSA) is 59.6 Å². The van der Waals surface area contributed by atoms with Crippen molar-refractivity contribution in [3.8, 4) is 0 Å². The fraction of sp³-hybridized carbons (Fsp3) is 0.929. The first-order valence-electron chi connectivity index (χ1n) is 7.48. The minimum absolute atomic E-state index is 0.336. The van der Waals surface area contributed by atoms with Crippen molar-refractivity contribution in [2.75, 3.05) is 19.7 Å². The molecular formula is C14H25N3O. The summed E-state index contributed by atoms with van der Waals surface area (Å²) < 4.78 is 5.54. The van der Waals surface area contributed by atoms with E-state index in [9.17, 15) is 0 Å². The minimum Gasteiger partial charge on any atom is -0.376 e. The normalized spacial score (nSPS) is 36.4. The van der Waals surface area contributed by atoms with Crippen LogP contribution in [0.15, 0.2) is 4.99 Å². The SMILES string of the molecule is NC(=NC[C@@H]1C[C@H]1C1CCC1)NCC1CCCO1. The number of nitrogens with two attached hydrogens (primary N) is 1. The van der Waals surface area contributed by atoms with E-state index < -0.39 is 0 Å². The minimum atomic E-state index is 0.336. The highest BCUT2D eigenvalue weighted by Gasteiger charge is 2.44. The van der Waals surface area contributed by atoms with Crippen LogP contribution in [0.1, 0.15) is 38.5 Å². The van der Waals surface area contributed by atoms with Crippen LogP contribution in [-0.2, 0) is 4.74 Å². The van der Waals surface area contributed by atoms with Gasteiger partial charge >= 0.3 is 0 Å². The first kappa shape index (κ1) is 12.3. The van der Waals surface area contributed by atoms with Crippen LogP contribution >= 0.6 is 0 Å². The van der Waals surface area contributed by atoms with E-state index in [1.54, 1.807) is 0 Å². The van der Waals surface area contributed by atoms with Gasteiger partial charge in [0.15, 0.2) is 5.96 Å². The van der Waals surface area contributed by atoms with Crippen LogP contribution in [0.4, 0.5) is 0 Å². The van der Waals surface area contributed by atoms with Gasteiger partial charge in [0, 0.05) is 19.7 Å². The van der Waals surface area contributed by atoms with Crippen molar-refractivity contribution in [2.45, 2.75) is 44.6 Å². The summed E-state index contributed by atoms with van der Waals surface area (Å²) in [6, 6.07) is 0. The molecule has 3 N–H and O–H groups in total. The molecule has 3 fully saturated rings. The maximum Gasteiger partial charge on any atom is 0.188 e. The zero-order valence-corrected chi connectivity index (χ0v) is 11.1. The van der Waals surface area contributed by atoms with Gasteiger partial charge in [0.2, 0.25) is 0 Å². The Balaban J connectivity index is 1.32. The third kappa shape index (κ3) is 2.97. The average Bonchev–Trinajstić information content (AvgIpc) is 2.85. The second kappa shape index (κ2) is 5.47. The van der Waals surface area contributed by atoms with Crippen molar-refractivity contribution in [2.24, 2.45) is 28.5 Å². The van der Waals surface area contributed by atoms with Gasteiger partial charge < -0.3 is 15.8 Å². The van der Waals surface area contributed by atoms with Crippen molar-refractivity contribution in [3.63, 3.8) is 0 Å². The third-order valence-corrected chi connectivity index (χ3v) is 4.76. The Morgan fingerprint density at radius 3 is 2.83 bits per heavy atom. The van der Waals surface area contributed by atoms with E-state index in [1.807, 2.05) is 0 Å². The molecule has 2 aliphatic carbocycles. The zero-order chi connectivity index (χ0) is 12.4. The number of guanidine groups is 1. The highest BCUT2D eigenvalue weighted by molar-refractivity contribution is 5.77. The summed E-state index contributed by atoms with van der Waals surface area (Å²) in [5, 5.41) is 3.18. The predicted molar refractivity (Wildman–Crippen MR) is 72.4 cm³/mol. The molecule has 3 atom stereocenters. The van der Waals surface area contributed by atoms with Gasteiger partial charge in [-0.15, -0.1) is 0 Å². The summed E-state index contributed by atoms with van der Waals surface area (Å²) in [4.78, 5) is 4.47. The van der Waals surface area contributed by atoms with E-state index in [0.29, 0.717) is 12.1 Å². The monoisotopic (exact) mass is 251 g/mol. The van der Waals surface area contributed by atoms with Crippen molar-refractivity contribution >= 4 is 5.96 Å². The Labute approximate surface area is 109 Å². The molecule has 0 aromatic heterocycles. The molecule has 1 unspecified atom stereocenters. The van der Waals surface area contributed by atoms with E-state index in [1.165, 1.54) is 32.1 Å². The lowest BCUT2D eigenvalue weighted by Gasteiger charge is -2.25. The molecule has 0 aromatic rings. The van der Waals surface area contributed by atoms with Crippen LogP contribution in [0.5, 0.6) is 0 Å². The van der Waals surface area contributed by atoms with Crippen LogP contribution < -0.4 is 11.1 Å². The number of rotatable bonds is 5. The van der Waals surface area contributed by atoms with Gasteiger partial charge in [0.25, 0.3) is 0 Å². The van der Waals surface area contributed by atoms with Crippen LogP contribution in [0, 0.1) is 17.8 Å². The lowest BCUT2D eigenvalue weighted by atomic mass is 9.81. The molecule has 4 nitrogen and oxygen atoms in total. The molecule has 1 saturated heterocycles. The van der Waals surface area contributed by atoms with Crippen LogP contribution in [0.3, 0.4) is 0 Å². The van der Waals surface area contributed by atoms with Gasteiger partial charge in [-0.1, -0.05) is 19.3 Å². The molecule has 0 radical (unpaired) electrons. The quantitative estimate of drug-likeness (QED) is 0.575. The number of nitrogens with zero attached hydrogens (tertiary/aromatic N) is 1. The first-order valence-corrected chi connectivity index (χ1v) is 7.48. The number of hydrogen-bond donors (Lipinski definition) is 2. The van der Waals surface area contributed by atoms with E-state index in [2.05, 4.69) is 10.3 Å². The molecule has 1 heterocycles. The molecule has 0 aromatic carbocycles. The zero-order valence-electron chi connectivity index (χ0n) is 11.1. The Bertz CT molecular complexity index is 308. The molecule has 0 spiro atoms. The molecule has 18 heavy (non-hydrogen) atoms. The van der Waals surface area contributed by atoms with E-state index in [4.69, 9.17) is 10.5 Å². The fourth-order valence-electron chi connectivity index (χ4n) is 3.22. The van der Waals surface area contributed by atoms with Gasteiger partial charge in [-0.25, -0.2) is 0 Å². The largest absolute Gasteiger partial charge is 0.376 e. The van der Waals surface area contributed by atoms with Crippen molar-refractivity contribution in [3.05, 3.63) is 0 Å². The number of aliphatic imine (C=N–C) groups is 1. The molecule has 0 bridgehead atoms. The number of nitrogens with one attached hydrogen (secondary N) is 1. The second-order valence-electron chi connectivity index (χ2n) is 6.09. The Morgan fingerprint density at radius 1 is 1.28 bits per heavy atom. The van der Waals surface area contributed by atoms with Crippen molar-refractivity contribution < 1.29 is 4.74 Å². The summed E-state index contributed by atoms with van der Waals surface area (Å²) in [6.45, 7) is 2.63. The summed E-state index contributed by atoms with van der Waals surface area (Å²) in [5.74, 6) is 3.41. The summed E-state index contributed by atoms with van der Waals surface area (Å²) in [7, 11) is 0. The van der Waals surface area contributed by atoms with Gasteiger partial charge in [-0.2, -0.15) is 0 Å². The molecule has 3 rings (SSSR count). The van der Waals surface area contributed by atoms with E-state index >= 15 is 0 Å². The van der Waals surface area contributed by atoms with E-state index in [0.717, 1.165) is 43.9 Å². The molecule has 1 aliphatic heterocycles. The third-order valence-electron chi connectivity index (χ3n) is 4.76. The standard InChI is InChI=1S/C14H25N3O/c15-14(17-9-12-5-2-6-18-12)16-8-11-7-13(11)10-3-1-4-10/h10-13H,1-9H2,(H3,15,16,17)/t11-,12?,13-/m0/s1. The van der Waals surface area contributed by atoms with Gasteiger partial charge in [-0.05, 0) is 37.0 Å². The molecule has 3 aliphatic rings. The summed E-state index contributed by atoms with van der Waals surface area (Å²) >= 11 is 0. The lowest BCUT2D eigenvalue weighted by Crippen LogP contribution is -2.37. The molecule has 2 saturated carbocycles. The number of ether oxygens (including phenoxy) is 1. The van der Waals surface area contributed by atoms with Crippen molar-refractivity contribution in [1.82, 2.24) is 5.32 Å². The first-order chi connectivity index (χ1) is 8.83. The summed E-state index contributed by atoms with van der Waals surface area (Å²) in [5.41, 5.74) is 5.88. The van der Waals surface area contributed by atoms with Crippen LogP contribution in [-0.4, -0.2) is 31.8 Å². The highest BCUT2D eigenvalue weighted by Crippen LogP contribution is 2.51. The van der Waals surface area contributed by atoms with Crippen LogP contribution in [0.25, 0.3) is 0 Å². The van der Waals surface area contributed by atoms with Crippen molar-refractivity contribution in [1.29, 1.82) is 0 Å². The highest BCUT2D eigenvalue weighted by atomic mass is 16.5. The molecule has 4 heteroatoms. The van der Waals surface area contributed by atoms with Crippen LogP contribution in [0.2, 0.25) is 0 Å². The molecule has 0 amide bonds. The Kier molecular flexibility index (Phi) is 3.73. The van der Waals surface area contributed by atoms with E-state index in [-0.39, 0.29) is 0 Å². The predicted octanol–water partition coefficient (Wildman–Crippen LogP) is 1.51. The fourth-order valence-corrected chi connectivity index (χ4v) is 3.22. The lowest BCUT2D eigenvalue weighted by molar-refractivity contribution is 0.114. The Hall–Kier alpha value is -0.770. The number of hydrogen-bond acceptors (Lipinski definition) is 2. The smallest absolute Gasteiger partial charge is 0.188 e. The maximum absolute atomic E-state index is 5.88. The summed E-state index contributed by atoms with van der Waals surface area (Å²) in [6.07, 6.45) is 8.40. The van der Waals surface area contributed by atoms with Gasteiger partial charge in [0.1, 0.15) is 0 Å². The average molecular weight is 251 g/mol. The maximum atomic E-state index is 5.88.